The molecule has 4 heteroatoms. The van der Waals surface area contributed by atoms with Gasteiger partial charge in [-0.15, -0.1) is 0 Å². The average molecular weight is 185 g/mol. The number of carbonyl (C=O) groups excluding carboxylic acids is 2. The van der Waals surface area contributed by atoms with Crippen LogP contribution in [0.4, 0.5) is 0 Å². The summed E-state index contributed by atoms with van der Waals surface area (Å²) in [6.07, 6.45) is 0. The van der Waals surface area contributed by atoms with Gasteiger partial charge in [0.15, 0.2) is 0 Å². The first-order valence-corrected chi connectivity index (χ1v) is 2.76. The minimum Gasteiger partial charge on any atom is -0.393 e. The van der Waals surface area contributed by atoms with Gasteiger partial charge in [0.2, 0.25) is 0 Å². The molecule has 0 rings (SSSR count). The Hall–Kier alpha value is -0.341. The topological polar surface area (TPSA) is 43.4 Å². The number of esters is 2. The maximum atomic E-state index is 10.5. The van der Waals surface area contributed by atoms with Crippen molar-refractivity contribution in [3.05, 3.63) is 0 Å². The first-order chi connectivity index (χ1) is 4.04. The van der Waals surface area contributed by atoms with Gasteiger partial charge in [0.1, 0.15) is 0 Å². The van der Waals surface area contributed by atoms with E-state index in [-0.39, 0.29) is 23.0 Å². The third-order valence-corrected chi connectivity index (χ3v) is 0.716. The number of rotatable bonds is 1. The predicted molar refractivity (Wildman–Crippen MR) is 31.6 cm³/mol. The van der Waals surface area contributed by atoms with Crippen molar-refractivity contribution in [1.82, 2.24) is 0 Å². The molecule has 1 radical (unpaired) electrons. The van der Waals surface area contributed by atoms with Gasteiger partial charge in [-0.3, -0.25) is 9.59 Å². The summed E-state index contributed by atoms with van der Waals surface area (Å²) >= 11 is 0. The quantitative estimate of drug-likeness (QED) is 0.343. The average Bonchev–Trinajstić information content (AvgIpc) is 1.63. The van der Waals surface area contributed by atoms with E-state index in [2.05, 4.69) is 4.74 Å². The zero-order valence-corrected chi connectivity index (χ0v) is 7.36. The second-order valence-corrected chi connectivity index (χ2v) is 2.07. The first-order valence-electron chi connectivity index (χ1n) is 2.76. The molecular weight excluding hydrogens is 175 g/mol. The van der Waals surface area contributed by atoms with Crippen LogP contribution >= 0.6 is 0 Å². The van der Waals surface area contributed by atoms with Gasteiger partial charge in [-0.1, -0.05) is 13.8 Å². The van der Waals surface area contributed by atoms with Gasteiger partial charge >= 0.3 is 11.9 Å². The largest absolute Gasteiger partial charge is 0.393 e. The summed E-state index contributed by atoms with van der Waals surface area (Å²) in [6, 6.07) is 0. The minimum atomic E-state index is -0.547. The predicted octanol–water partition coefficient (Wildman–Crippen LogP) is 0.730. The number of carbonyl (C=O) groups is 2. The summed E-state index contributed by atoms with van der Waals surface area (Å²) in [4.78, 5) is 20.6. The second kappa shape index (κ2) is 5.44. The van der Waals surface area contributed by atoms with Crippen LogP contribution < -0.4 is 0 Å². The van der Waals surface area contributed by atoms with Gasteiger partial charge in [-0.05, 0) is 0 Å². The van der Waals surface area contributed by atoms with Crippen molar-refractivity contribution < 1.29 is 31.4 Å². The minimum absolute atomic E-state index is 0. The van der Waals surface area contributed by atoms with Crippen LogP contribution in [0.15, 0.2) is 0 Å². The zero-order valence-electron chi connectivity index (χ0n) is 6.18. The van der Waals surface area contributed by atoms with Crippen LogP contribution in [-0.2, 0) is 31.4 Å². The van der Waals surface area contributed by atoms with Crippen LogP contribution in [0.2, 0.25) is 0 Å². The van der Waals surface area contributed by atoms with Gasteiger partial charge < -0.3 is 4.74 Å². The van der Waals surface area contributed by atoms with Gasteiger partial charge in [0, 0.05) is 24.0 Å². The molecule has 0 aliphatic heterocycles. The van der Waals surface area contributed by atoms with Crippen LogP contribution in [0.5, 0.6) is 0 Å². The summed E-state index contributed by atoms with van der Waals surface area (Å²) in [5, 5.41) is 0. The first kappa shape index (κ1) is 12.3. The normalized spacial score (nSPS) is 8.40. The van der Waals surface area contributed by atoms with Crippen LogP contribution in [0.25, 0.3) is 0 Å². The van der Waals surface area contributed by atoms with E-state index in [4.69, 9.17) is 0 Å². The van der Waals surface area contributed by atoms with Crippen molar-refractivity contribution in [1.29, 1.82) is 0 Å². The molecule has 10 heavy (non-hydrogen) atoms. The molecule has 0 aromatic rings. The fraction of sp³-hybridized carbons (Fsp3) is 0.667. The molecule has 0 bridgehead atoms. The van der Waals surface area contributed by atoms with E-state index in [1.807, 2.05) is 0 Å². The van der Waals surface area contributed by atoms with E-state index < -0.39 is 11.9 Å². The summed E-state index contributed by atoms with van der Waals surface area (Å²) in [6.45, 7) is 4.55. The molecule has 0 unspecified atom stereocenters. The van der Waals surface area contributed by atoms with Crippen molar-refractivity contribution in [3.8, 4) is 0 Å². The van der Waals surface area contributed by atoms with Crippen LogP contribution in [0.3, 0.4) is 0 Å². The Morgan fingerprint density at radius 1 is 1.30 bits per heavy atom. The third kappa shape index (κ3) is 5.79. The Morgan fingerprint density at radius 2 is 1.70 bits per heavy atom. The summed E-state index contributed by atoms with van der Waals surface area (Å²) in [5.41, 5.74) is 0. The number of ether oxygens (including phenoxy) is 1. The Bertz CT molecular complexity index is 131. The van der Waals surface area contributed by atoms with E-state index in [0.29, 0.717) is 0 Å². The van der Waals surface area contributed by atoms with E-state index in [1.54, 1.807) is 13.8 Å². The SMILES string of the molecule is CC(=O)OC(=O)C(C)C.[Mn]. The monoisotopic (exact) mass is 185 g/mol. The molecule has 0 atom stereocenters. The zero-order chi connectivity index (χ0) is 7.44. The van der Waals surface area contributed by atoms with E-state index in [1.165, 1.54) is 6.92 Å². The molecule has 0 spiro atoms. The Morgan fingerprint density at radius 3 is 1.80 bits per heavy atom. The van der Waals surface area contributed by atoms with E-state index in [0.717, 1.165) is 0 Å². The number of hydrogen-bond donors (Lipinski definition) is 0. The molecule has 0 saturated heterocycles. The van der Waals surface area contributed by atoms with E-state index in [9.17, 15) is 9.59 Å². The van der Waals surface area contributed by atoms with Crippen LogP contribution in [0, 0.1) is 5.92 Å². The van der Waals surface area contributed by atoms with Crippen LogP contribution in [-0.4, -0.2) is 11.9 Å². The van der Waals surface area contributed by atoms with Crippen LogP contribution in [0.1, 0.15) is 20.8 Å². The molecule has 0 amide bonds. The maximum absolute atomic E-state index is 10.5. The summed E-state index contributed by atoms with van der Waals surface area (Å²) in [5.74, 6) is -1.25. The molecular formula is C6H10MnO3. The molecule has 0 aliphatic carbocycles. The van der Waals surface area contributed by atoms with Gasteiger partial charge in [0.05, 0.1) is 5.92 Å². The van der Waals surface area contributed by atoms with E-state index >= 15 is 0 Å². The Balaban J connectivity index is 0. The van der Waals surface area contributed by atoms with Crippen molar-refractivity contribution in [2.75, 3.05) is 0 Å². The molecule has 0 aromatic heterocycles. The second-order valence-electron chi connectivity index (χ2n) is 2.07. The van der Waals surface area contributed by atoms with Crippen molar-refractivity contribution in [3.63, 3.8) is 0 Å². The molecule has 0 saturated carbocycles. The molecule has 0 aromatic carbocycles. The number of hydrogen-bond acceptors (Lipinski definition) is 3. The molecule has 0 aliphatic rings. The molecule has 0 N–H and O–H groups in total. The standard InChI is InChI=1S/C6H10O3.Mn/c1-4(2)6(8)9-5(3)7;/h4H,1-3H3;. The van der Waals surface area contributed by atoms with Gasteiger partial charge in [-0.2, -0.15) is 0 Å². The van der Waals surface area contributed by atoms with Crippen molar-refractivity contribution in [2.24, 2.45) is 5.92 Å². The molecule has 59 valence electrons. The fourth-order valence-electron chi connectivity index (χ4n) is 0.260. The molecule has 3 nitrogen and oxygen atoms in total. The Kier molecular flexibility index (Phi) is 6.72. The molecule has 0 heterocycles. The molecule has 0 fully saturated rings. The van der Waals surface area contributed by atoms with Crippen molar-refractivity contribution >= 4 is 11.9 Å². The van der Waals surface area contributed by atoms with Gasteiger partial charge in [0.25, 0.3) is 0 Å². The summed E-state index contributed by atoms with van der Waals surface area (Å²) in [7, 11) is 0. The smallest absolute Gasteiger partial charge is 0.316 e. The third-order valence-electron chi connectivity index (χ3n) is 0.716. The summed E-state index contributed by atoms with van der Waals surface area (Å²) < 4.78 is 4.23. The Labute approximate surface area is 70.6 Å². The van der Waals surface area contributed by atoms with Crippen molar-refractivity contribution in [2.45, 2.75) is 20.8 Å². The maximum Gasteiger partial charge on any atom is 0.316 e. The fourth-order valence-corrected chi connectivity index (χ4v) is 0.260. The van der Waals surface area contributed by atoms with Gasteiger partial charge in [-0.25, -0.2) is 0 Å².